The summed E-state index contributed by atoms with van der Waals surface area (Å²) in [7, 11) is 4.37. The van der Waals surface area contributed by atoms with Crippen LogP contribution in [-0.4, -0.2) is 61.2 Å². The number of likely N-dealkylation sites (N-methyl/N-ethyl adjacent to an activating group) is 2. The van der Waals surface area contributed by atoms with Gasteiger partial charge in [0, 0.05) is 24.7 Å². The molecular weight excluding hydrogens is 282 g/mol. The Bertz CT molecular complexity index is 463. The van der Waals surface area contributed by atoms with E-state index in [0.29, 0.717) is 17.6 Å². The highest BCUT2D eigenvalue weighted by Gasteiger charge is 2.21. The first-order chi connectivity index (χ1) is 10.1. The van der Waals surface area contributed by atoms with Gasteiger partial charge in [0.1, 0.15) is 17.3 Å². The number of ether oxygens (including phenoxy) is 1. The molecule has 21 heavy (non-hydrogen) atoms. The van der Waals surface area contributed by atoms with Gasteiger partial charge in [0.25, 0.3) is 0 Å². The Balaban J connectivity index is 1.69. The van der Waals surface area contributed by atoms with Crippen LogP contribution in [0.2, 0.25) is 0 Å². The van der Waals surface area contributed by atoms with Gasteiger partial charge in [-0.25, -0.2) is 0 Å². The number of benzene rings is 1. The van der Waals surface area contributed by atoms with Crippen molar-refractivity contribution in [1.82, 2.24) is 9.80 Å². The van der Waals surface area contributed by atoms with Crippen molar-refractivity contribution in [2.45, 2.75) is 18.9 Å². The average Bonchev–Trinajstić information content (AvgIpc) is 2.85. The number of nitrogens with two attached hydrogens (primary N) is 1. The van der Waals surface area contributed by atoms with Crippen LogP contribution >= 0.6 is 12.2 Å². The summed E-state index contributed by atoms with van der Waals surface area (Å²) in [5.74, 6) is 0.862. The highest BCUT2D eigenvalue weighted by molar-refractivity contribution is 7.80. The zero-order chi connectivity index (χ0) is 15.2. The zero-order valence-electron chi connectivity index (χ0n) is 12.9. The van der Waals surface area contributed by atoms with Gasteiger partial charge in [-0.3, -0.25) is 0 Å². The van der Waals surface area contributed by atoms with Gasteiger partial charge in [-0.15, -0.1) is 0 Å². The molecule has 0 aliphatic carbocycles. The maximum Gasteiger partial charge on any atom is 0.119 e. The SMILES string of the molecule is CN(CCOc1ccc(C(N)=S)cc1)CC1CCCN1C. The molecule has 0 amide bonds. The van der Waals surface area contributed by atoms with Gasteiger partial charge in [-0.2, -0.15) is 0 Å². The van der Waals surface area contributed by atoms with E-state index in [1.54, 1.807) is 0 Å². The Morgan fingerprint density at radius 2 is 2.14 bits per heavy atom. The minimum absolute atomic E-state index is 0.418. The van der Waals surface area contributed by atoms with E-state index in [1.807, 2.05) is 24.3 Å². The molecule has 1 atom stereocenters. The minimum Gasteiger partial charge on any atom is -0.492 e. The van der Waals surface area contributed by atoms with Crippen LogP contribution < -0.4 is 10.5 Å². The smallest absolute Gasteiger partial charge is 0.119 e. The van der Waals surface area contributed by atoms with Crippen molar-refractivity contribution in [2.24, 2.45) is 5.73 Å². The number of hydrogen-bond acceptors (Lipinski definition) is 4. The number of rotatable bonds is 7. The Labute approximate surface area is 132 Å². The lowest BCUT2D eigenvalue weighted by Crippen LogP contribution is -2.38. The van der Waals surface area contributed by atoms with Crippen molar-refractivity contribution in [1.29, 1.82) is 0 Å². The summed E-state index contributed by atoms with van der Waals surface area (Å²) in [4.78, 5) is 5.21. The Kier molecular flexibility index (Phi) is 5.96. The predicted octanol–water partition coefficient (Wildman–Crippen LogP) is 1.73. The summed E-state index contributed by atoms with van der Waals surface area (Å²) in [6.07, 6.45) is 2.63. The van der Waals surface area contributed by atoms with E-state index in [1.165, 1.54) is 19.4 Å². The molecule has 0 bridgehead atoms. The van der Waals surface area contributed by atoms with Crippen molar-refractivity contribution in [3.05, 3.63) is 29.8 Å². The van der Waals surface area contributed by atoms with E-state index in [9.17, 15) is 0 Å². The van der Waals surface area contributed by atoms with Gasteiger partial charge < -0.3 is 20.3 Å². The number of hydrogen-bond donors (Lipinski definition) is 1. The first kappa shape index (κ1) is 16.2. The van der Waals surface area contributed by atoms with Crippen LogP contribution in [0.4, 0.5) is 0 Å². The maximum absolute atomic E-state index is 5.76. The minimum atomic E-state index is 0.418. The molecule has 1 saturated heterocycles. The molecule has 0 aromatic heterocycles. The van der Waals surface area contributed by atoms with Gasteiger partial charge >= 0.3 is 0 Å². The second-order valence-electron chi connectivity index (χ2n) is 5.78. The fourth-order valence-corrected chi connectivity index (χ4v) is 2.83. The fourth-order valence-electron chi connectivity index (χ4n) is 2.70. The lowest BCUT2D eigenvalue weighted by atomic mass is 10.2. The quantitative estimate of drug-likeness (QED) is 0.777. The fraction of sp³-hybridized carbons (Fsp3) is 0.562. The van der Waals surface area contributed by atoms with E-state index in [4.69, 9.17) is 22.7 Å². The van der Waals surface area contributed by atoms with Crippen molar-refractivity contribution >= 4 is 17.2 Å². The largest absolute Gasteiger partial charge is 0.492 e. The van der Waals surface area contributed by atoms with Crippen molar-refractivity contribution in [3.63, 3.8) is 0 Å². The van der Waals surface area contributed by atoms with Crippen LogP contribution in [0, 0.1) is 0 Å². The second-order valence-corrected chi connectivity index (χ2v) is 6.22. The third-order valence-corrected chi connectivity index (χ3v) is 4.31. The highest BCUT2D eigenvalue weighted by atomic mass is 32.1. The molecular formula is C16H25N3OS. The van der Waals surface area contributed by atoms with Gasteiger partial charge in [-0.05, 0) is 57.7 Å². The first-order valence-corrected chi connectivity index (χ1v) is 7.88. The van der Waals surface area contributed by atoms with Crippen molar-refractivity contribution in [3.8, 4) is 5.75 Å². The molecule has 2 N–H and O–H groups in total. The molecule has 0 spiro atoms. The maximum atomic E-state index is 5.76. The topological polar surface area (TPSA) is 41.7 Å². The van der Waals surface area contributed by atoms with E-state index >= 15 is 0 Å². The van der Waals surface area contributed by atoms with Crippen molar-refractivity contribution < 1.29 is 4.74 Å². The van der Waals surface area contributed by atoms with Crippen LogP contribution in [0.5, 0.6) is 5.75 Å². The summed E-state index contributed by atoms with van der Waals surface area (Å²) in [5, 5.41) is 0. The number of nitrogens with zero attached hydrogens (tertiary/aromatic N) is 2. The molecule has 116 valence electrons. The van der Waals surface area contributed by atoms with Crippen LogP contribution in [0.25, 0.3) is 0 Å². The second kappa shape index (κ2) is 7.73. The average molecular weight is 307 g/mol. The molecule has 1 fully saturated rings. The summed E-state index contributed by atoms with van der Waals surface area (Å²) in [6.45, 7) is 3.96. The van der Waals surface area contributed by atoms with Gasteiger partial charge in [0.05, 0.1) is 0 Å². The monoisotopic (exact) mass is 307 g/mol. The molecule has 1 aromatic carbocycles. The lowest BCUT2D eigenvalue weighted by molar-refractivity contribution is 0.190. The lowest BCUT2D eigenvalue weighted by Gasteiger charge is -2.25. The Morgan fingerprint density at radius 1 is 1.43 bits per heavy atom. The molecule has 1 aliphatic heterocycles. The van der Waals surface area contributed by atoms with Crippen LogP contribution in [0.3, 0.4) is 0 Å². The van der Waals surface area contributed by atoms with E-state index in [-0.39, 0.29) is 0 Å². The Hall–Kier alpha value is -1.17. The molecule has 5 heteroatoms. The number of thiocarbonyl (C=S) groups is 1. The first-order valence-electron chi connectivity index (χ1n) is 7.47. The predicted molar refractivity (Wildman–Crippen MR) is 91.0 cm³/mol. The summed E-state index contributed by atoms with van der Waals surface area (Å²) in [6, 6.07) is 8.32. The molecule has 1 aliphatic rings. The highest BCUT2D eigenvalue weighted by Crippen LogP contribution is 2.15. The van der Waals surface area contributed by atoms with E-state index in [2.05, 4.69) is 23.9 Å². The van der Waals surface area contributed by atoms with Crippen LogP contribution in [0.15, 0.2) is 24.3 Å². The number of likely N-dealkylation sites (tertiary alicyclic amines) is 1. The molecule has 1 unspecified atom stereocenters. The van der Waals surface area contributed by atoms with Crippen LogP contribution in [-0.2, 0) is 0 Å². The molecule has 4 nitrogen and oxygen atoms in total. The zero-order valence-corrected chi connectivity index (χ0v) is 13.7. The van der Waals surface area contributed by atoms with Gasteiger partial charge in [0.15, 0.2) is 0 Å². The molecule has 2 rings (SSSR count). The molecule has 0 radical (unpaired) electrons. The standard InChI is InChI=1S/C16H25N3OS/c1-18(12-14-4-3-9-19(14)2)10-11-20-15-7-5-13(6-8-15)16(17)21/h5-8,14H,3-4,9-12H2,1-2H3,(H2,17,21). The van der Waals surface area contributed by atoms with Gasteiger partial charge in [0.2, 0.25) is 0 Å². The van der Waals surface area contributed by atoms with Crippen molar-refractivity contribution in [2.75, 3.05) is 40.3 Å². The third kappa shape index (κ3) is 4.95. The van der Waals surface area contributed by atoms with Crippen LogP contribution in [0.1, 0.15) is 18.4 Å². The van der Waals surface area contributed by atoms with E-state index in [0.717, 1.165) is 24.4 Å². The molecule has 1 aromatic rings. The normalized spacial score (nSPS) is 19.1. The summed E-state index contributed by atoms with van der Waals surface area (Å²) < 4.78 is 5.76. The summed E-state index contributed by atoms with van der Waals surface area (Å²) in [5.41, 5.74) is 6.45. The Morgan fingerprint density at radius 3 is 2.71 bits per heavy atom. The molecule has 0 saturated carbocycles. The third-order valence-electron chi connectivity index (χ3n) is 4.07. The van der Waals surface area contributed by atoms with E-state index < -0.39 is 0 Å². The van der Waals surface area contributed by atoms with Gasteiger partial charge in [-0.1, -0.05) is 12.2 Å². The molecule has 1 heterocycles. The summed E-state index contributed by atoms with van der Waals surface area (Å²) >= 11 is 4.93.